The molecule has 0 aliphatic carbocycles. The quantitative estimate of drug-likeness (QED) is 0.514. The number of benzene rings is 1. The number of anilines is 2. The molecule has 0 amide bonds. The van der Waals surface area contributed by atoms with E-state index in [0.29, 0.717) is 17.8 Å². The molecule has 2 aromatic heterocycles. The number of methoxy groups -OCH3 is 1. The zero-order chi connectivity index (χ0) is 20.6. The van der Waals surface area contributed by atoms with Gasteiger partial charge in [0, 0.05) is 11.8 Å². The normalized spacial score (nSPS) is 12.8. The van der Waals surface area contributed by atoms with Crippen LogP contribution in [0.4, 0.5) is 29.3 Å². The van der Waals surface area contributed by atoms with E-state index in [4.69, 9.17) is 10.5 Å². The SMILES string of the molecule is COC(=O)[C@H](Nc1cc(C)nc2nc(N)nn12)c1ccc(C(F)(F)F)c(F)c1. The van der Waals surface area contributed by atoms with Gasteiger partial charge in [-0.05, 0) is 24.6 Å². The van der Waals surface area contributed by atoms with Gasteiger partial charge in [0.05, 0.1) is 12.7 Å². The number of halogens is 4. The Hall–Kier alpha value is -3.44. The van der Waals surface area contributed by atoms with Gasteiger partial charge in [-0.2, -0.15) is 22.7 Å². The van der Waals surface area contributed by atoms with Gasteiger partial charge < -0.3 is 15.8 Å². The van der Waals surface area contributed by atoms with Gasteiger partial charge in [-0.15, -0.1) is 5.10 Å². The second-order valence-electron chi connectivity index (χ2n) is 5.80. The Labute approximate surface area is 155 Å². The van der Waals surface area contributed by atoms with Gasteiger partial charge in [-0.25, -0.2) is 14.2 Å². The molecule has 0 bridgehead atoms. The topological polar surface area (TPSA) is 107 Å². The van der Waals surface area contributed by atoms with Gasteiger partial charge in [0.2, 0.25) is 5.95 Å². The van der Waals surface area contributed by atoms with Gasteiger partial charge in [0.1, 0.15) is 11.6 Å². The molecule has 148 valence electrons. The lowest BCUT2D eigenvalue weighted by atomic mass is 10.0. The summed E-state index contributed by atoms with van der Waals surface area (Å²) in [5, 5.41) is 6.70. The van der Waals surface area contributed by atoms with Gasteiger partial charge in [-0.1, -0.05) is 6.07 Å². The fourth-order valence-electron chi connectivity index (χ4n) is 2.59. The van der Waals surface area contributed by atoms with Crippen LogP contribution >= 0.6 is 0 Å². The molecule has 0 saturated heterocycles. The Morgan fingerprint density at radius 2 is 2.00 bits per heavy atom. The number of ether oxygens (including phenoxy) is 1. The number of fused-ring (bicyclic) bond motifs is 1. The molecule has 0 fully saturated rings. The van der Waals surface area contributed by atoms with Crippen molar-refractivity contribution in [3.05, 3.63) is 46.9 Å². The Balaban J connectivity index is 2.06. The summed E-state index contributed by atoms with van der Waals surface area (Å²) in [6.07, 6.45) is -4.86. The number of hydrogen-bond acceptors (Lipinski definition) is 7. The molecule has 8 nitrogen and oxygen atoms in total. The Morgan fingerprint density at radius 1 is 1.29 bits per heavy atom. The molecule has 28 heavy (non-hydrogen) atoms. The van der Waals surface area contributed by atoms with E-state index in [0.717, 1.165) is 13.2 Å². The maximum atomic E-state index is 14.0. The van der Waals surface area contributed by atoms with Crippen molar-refractivity contribution in [3.8, 4) is 0 Å². The highest BCUT2D eigenvalue weighted by Gasteiger charge is 2.35. The third-order valence-electron chi connectivity index (χ3n) is 3.82. The monoisotopic (exact) mass is 398 g/mol. The summed E-state index contributed by atoms with van der Waals surface area (Å²) in [6.45, 7) is 1.65. The summed E-state index contributed by atoms with van der Waals surface area (Å²) in [5.41, 5.74) is 4.55. The number of carbonyl (C=O) groups is 1. The van der Waals surface area contributed by atoms with Gasteiger partial charge >= 0.3 is 12.1 Å². The molecule has 0 radical (unpaired) electrons. The van der Waals surface area contributed by atoms with E-state index in [9.17, 15) is 22.4 Å². The highest BCUT2D eigenvalue weighted by atomic mass is 19.4. The van der Waals surface area contributed by atoms with Crippen molar-refractivity contribution in [3.63, 3.8) is 0 Å². The summed E-state index contributed by atoms with van der Waals surface area (Å²) >= 11 is 0. The number of rotatable bonds is 4. The van der Waals surface area contributed by atoms with Crippen molar-refractivity contribution >= 4 is 23.5 Å². The number of nitrogens with zero attached hydrogens (tertiary/aromatic N) is 4. The number of aromatic nitrogens is 4. The molecule has 1 aromatic carbocycles. The molecule has 12 heteroatoms. The van der Waals surface area contributed by atoms with E-state index < -0.39 is 29.6 Å². The number of esters is 1. The van der Waals surface area contributed by atoms with Crippen molar-refractivity contribution in [1.82, 2.24) is 19.6 Å². The minimum Gasteiger partial charge on any atom is -0.467 e. The minimum atomic E-state index is -4.86. The van der Waals surface area contributed by atoms with Crippen LogP contribution in [-0.4, -0.2) is 32.7 Å². The van der Waals surface area contributed by atoms with Gasteiger partial charge in [0.25, 0.3) is 5.78 Å². The third kappa shape index (κ3) is 3.66. The van der Waals surface area contributed by atoms with E-state index in [1.165, 1.54) is 10.6 Å². The second kappa shape index (κ2) is 6.94. The van der Waals surface area contributed by atoms with Gasteiger partial charge in [-0.3, -0.25) is 0 Å². The standard InChI is InChI=1S/C16H14F4N6O2/c1-7-5-11(26-15(22-7)24-14(21)25-26)23-12(13(27)28-2)8-3-4-9(10(17)6-8)16(18,19)20/h3-6,12,23H,1-2H3,(H2,21,25)/t12-/m1/s1. The number of hydrogen-bond donors (Lipinski definition) is 2. The predicted octanol–water partition coefficient (Wildman–Crippen LogP) is 2.50. The first-order valence-electron chi connectivity index (χ1n) is 7.81. The van der Waals surface area contributed by atoms with Crippen LogP contribution in [-0.2, 0) is 15.7 Å². The zero-order valence-electron chi connectivity index (χ0n) is 14.6. The molecule has 0 unspecified atom stereocenters. The van der Waals surface area contributed by atoms with Crippen LogP contribution in [0.2, 0.25) is 0 Å². The molecule has 3 rings (SSSR count). The largest absolute Gasteiger partial charge is 0.467 e. The maximum absolute atomic E-state index is 14.0. The number of aryl methyl sites for hydroxylation is 1. The number of nitrogen functional groups attached to an aromatic ring is 1. The van der Waals surface area contributed by atoms with Crippen LogP contribution in [0.3, 0.4) is 0 Å². The molecule has 3 N–H and O–H groups in total. The molecule has 0 aliphatic heterocycles. The Kier molecular flexibility index (Phi) is 4.79. The number of nitrogens with one attached hydrogen (secondary N) is 1. The summed E-state index contributed by atoms with van der Waals surface area (Å²) in [6, 6.07) is 2.36. The lowest BCUT2D eigenvalue weighted by Crippen LogP contribution is -2.24. The molecular formula is C16H14F4N6O2. The minimum absolute atomic E-state index is 0.0728. The highest BCUT2D eigenvalue weighted by molar-refractivity contribution is 5.81. The average Bonchev–Trinajstić information content (AvgIpc) is 2.97. The Bertz CT molecular complexity index is 1050. The molecule has 0 aliphatic rings. The molecule has 3 aromatic rings. The maximum Gasteiger partial charge on any atom is 0.419 e. The van der Waals surface area contributed by atoms with Crippen LogP contribution < -0.4 is 11.1 Å². The van der Waals surface area contributed by atoms with Crippen LogP contribution in [0.5, 0.6) is 0 Å². The highest BCUT2D eigenvalue weighted by Crippen LogP contribution is 2.33. The molecule has 0 saturated carbocycles. The smallest absolute Gasteiger partial charge is 0.419 e. The predicted molar refractivity (Wildman–Crippen MR) is 89.7 cm³/mol. The second-order valence-corrected chi connectivity index (χ2v) is 5.80. The average molecular weight is 398 g/mol. The van der Waals surface area contributed by atoms with Crippen LogP contribution in [0, 0.1) is 12.7 Å². The number of nitrogens with two attached hydrogens (primary N) is 1. The van der Waals surface area contributed by atoms with Crippen LogP contribution in [0.15, 0.2) is 24.3 Å². The Morgan fingerprint density at radius 3 is 2.61 bits per heavy atom. The van der Waals surface area contributed by atoms with Crippen LogP contribution in [0.1, 0.15) is 22.9 Å². The summed E-state index contributed by atoms with van der Waals surface area (Å²) in [5.74, 6) is -2.09. The summed E-state index contributed by atoms with van der Waals surface area (Å²) in [7, 11) is 1.10. The summed E-state index contributed by atoms with van der Waals surface area (Å²) in [4.78, 5) is 20.3. The molecular weight excluding hydrogens is 384 g/mol. The van der Waals surface area contributed by atoms with E-state index in [2.05, 4.69) is 20.4 Å². The van der Waals surface area contributed by atoms with Crippen molar-refractivity contribution in [2.75, 3.05) is 18.2 Å². The van der Waals surface area contributed by atoms with E-state index in [-0.39, 0.29) is 23.1 Å². The first-order valence-corrected chi connectivity index (χ1v) is 7.81. The first-order chi connectivity index (χ1) is 13.1. The molecule has 1 atom stereocenters. The fraction of sp³-hybridized carbons (Fsp3) is 0.250. The first kappa shape index (κ1) is 19.3. The lowest BCUT2D eigenvalue weighted by Gasteiger charge is -2.19. The number of alkyl halides is 3. The van der Waals surface area contributed by atoms with Crippen molar-refractivity contribution in [2.24, 2.45) is 0 Å². The van der Waals surface area contributed by atoms with Crippen molar-refractivity contribution in [2.45, 2.75) is 19.1 Å². The van der Waals surface area contributed by atoms with Gasteiger partial charge in [0.15, 0.2) is 6.04 Å². The summed E-state index contributed by atoms with van der Waals surface area (Å²) < 4.78 is 58.2. The zero-order valence-corrected chi connectivity index (χ0v) is 14.6. The molecule has 0 spiro atoms. The van der Waals surface area contributed by atoms with E-state index in [1.807, 2.05) is 0 Å². The van der Waals surface area contributed by atoms with E-state index >= 15 is 0 Å². The number of carbonyl (C=O) groups excluding carboxylic acids is 1. The van der Waals surface area contributed by atoms with Crippen LogP contribution in [0.25, 0.3) is 5.78 Å². The molecule has 2 heterocycles. The third-order valence-corrected chi connectivity index (χ3v) is 3.82. The fourth-order valence-corrected chi connectivity index (χ4v) is 2.59. The lowest BCUT2D eigenvalue weighted by molar-refractivity contribution is -0.141. The van der Waals surface area contributed by atoms with E-state index in [1.54, 1.807) is 6.92 Å². The van der Waals surface area contributed by atoms with Crippen molar-refractivity contribution < 1.29 is 27.1 Å². The van der Waals surface area contributed by atoms with Crippen molar-refractivity contribution in [1.29, 1.82) is 0 Å².